The number of benzene rings is 3. The van der Waals surface area contributed by atoms with Gasteiger partial charge in [0.25, 0.3) is 0 Å². The van der Waals surface area contributed by atoms with Crippen LogP contribution in [0, 0.1) is 5.82 Å². The van der Waals surface area contributed by atoms with Crippen molar-refractivity contribution in [1.29, 1.82) is 0 Å². The maximum Gasteiger partial charge on any atom is 0.233 e. The van der Waals surface area contributed by atoms with E-state index in [2.05, 4.69) is 27.2 Å². The number of thioether (sulfide) groups is 1. The van der Waals surface area contributed by atoms with Gasteiger partial charge in [-0.15, -0.1) is 10.2 Å². The lowest BCUT2D eigenvalue weighted by molar-refractivity contribution is -0.128. The highest BCUT2D eigenvalue weighted by Crippen LogP contribution is 2.26. The lowest BCUT2D eigenvalue weighted by Crippen LogP contribution is -2.49. The van der Waals surface area contributed by atoms with Gasteiger partial charge in [-0.3, -0.25) is 9.36 Å². The van der Waals surface area contributed by atoms with E-state index in [4.69, 9.17) is 9.47 Å². The Labute approximate surface area is 225 Å². The van der Waals surface area contributed by atoms with Crippen molar-refractivity contribution >= 4 is 23.4 Å². The number of carbonyl (C=O) groups is 1. The third kappa shape index (κ3) is 5.91. The van der Waals surface area contributed by atoms with Gasteiger partial charge >= 0.3 is 0 Å². The molecule has 0 aliphatic carbocycles. The molecule has 0 spiro atoms. The number of aromatic nitrogens is 3. The second-order valence-corrected chi connectivity index (χ2v) is 9.58. The highest BCUT2D eigenvalue weighted by atomic mass is 32.2. The number of piperazine rings is 1. The van der Waals surface area contributed by atoms with Crippen molar-refractivity contribution in [2.24, 2.45) is 0 Å². The Morgan fingerprint density at radius 3 is 2.29 bits per heavy atom. The molecule has 4 aromatic rings. The van der Waals surface area contributed by atoms with Crippen LogP contribution >= 0.6 is 11.8 Å². The normalized spacial score (nSPS) is 13.4. The van der Waals surface area contributed by atoms with E-state index < -0.39 is 5.82 Å². The lowest BCUT2D eigenvalue weighted by atomic mass is 10.2. The van der Waals surface area contributed by atoms with Gasteiger partial charge in [0.1, 0.15) is 23.9 Å². The minimum absolute atomic E-state index is 0.0156. The van der Waals surface area contributed by atoms with Gasteiger partial charge in [0.2, 0.25) is 5.91 Å². The van der Waals surface area contributed by atoms with Crippen LogP contribution in [0.3, 0.4) is 0 Å². The Balaban J connectivity index is 1.26. The molecule has 38 heavy (non-hydrogen) atoms. The predicted octanol–water partition coefficient (Wildman–Crippen LogP) is 4.43. The van der Waals surface area contributed by atoms with Gasteiger partial charge in [-0.2, -0.15) is 0 Å². The van der Waals surface area contributed by atoms with E-state index in [1.54, 1.807) is 54.1 Å². The van der Waals surface area contributed by atoms with Gasteiger partial charge in [0.05, 0.1) is 18.6 Å². The molecule has 0 N–H and O–H groups in total. The fraction of sp³-hybridized carbons (Fsp3) is 0.250. The first kappa shape index (κ1) is 25.6. The van der Waals surface area contributed by atoms with E-state index in [0.717, 1.165) is 24.5 Å². The summed E-state index contributed by atoms with van der Waals surface area (Å²) in [7, 11) is 1.60. The molecule has 1 aliphatic rings. The Bertz CT molecular complexity index is 1360. The van der Waals surface area contributed by atoms with Crippen molar-refractivity contribution in [3.05, 3.63) is 90.5 Å². The van der Waals surface area contributed by atoms with Crippen LogP contribution < -0.4 is 14.4 Å². The molecule has 0 radical (unpaired) electrons. The largest absolute Gasteiger partial charge is 0.497 e. The molecule has 1 saturated heterocycles. The molecule has 8 nitrogen and oxygen atoms in total. The van der Waals surface area contributed by atoms with E-state index in [1.165, 1.54) is 17.8 Å². The standard InChI is InChI=1S/C28H28FN5O3S/c1-36-22-11-13-23(14-12-22)37-19-26-30-31-28(34(26)25-10-6-5-9-24(25)29)38-20-27(35)33-17-15-32(16-18-33)21-7-3-2-4-8-21/h2-14H,15-20H2,1H3. The summed E-state index contributed by atoms with van der Waals surface area (Å²) >= 11 is 1.24. The zero-order chi connectivity index (χ0) is 26.3. The Hall–Kier alpha value is -4.05. The molecule has 1 aromatic heterocycles. The first-order valence-electron chi connectivity index (χ1n) is 12.3. The highest BCUT2D eigenvalue weighted by molar-refractivity contribution is 7.99. The summed E-state index contributed by atoms with van der Waals surface area (Å²) in [6.07, 6.45) is 0. The number of hydrogen-bond acceptors (Lipinski definition) is 7. The van der Waals surface area contributed by atoms with Crippen LogP contribution in [0.1, 0.15) is 5.82 Å². The third-order valence-corrected chi connectivity index (χ3v) is 7.21. The molecule has 1 fully saturated rings. The molecule has 1 amide bonds. The number of rotatable bonds is 9. The van der Waals surface area contributed by atoms with Gasteiger partial charge in [-0.1, -0.05) is 42.1 Å². The smallest absolute Gasteiger partial charge is 0.233 e. The molecular formula is C28H28FN5O3S. The summed E-state index contributed by atoms with van der Waals surface area (Å²) in [5.74, 6) is 1.55. The SMILES string of the molecule is COc1ccc(OCc2nnc(SCC(=O)N3CCN(c4ccccc4)CC3)n2-c2ccccc2F)cc1. The van der Waals surface area contributed by atoms with Crippen LogP contribution in [0.15, 0.2) is 84.0 Å². The molecule has 0 unspecified atom stereocenters. The lowest BCUT2D eigenvalue weighted by Gasteiger charge is -2.36. The molecule has 0 saturated carbocycles. The molecular weight excluding hydrogens is 505 g/mol. The quantitative estimate of drug-likeness (QED) is 0.295. The van der Waals surface area contributed by atoms with Crippen molar-refractivity contribution in [3.8, 4) is 17.2 Å². The summed E-state index contributed by atoms with van der Waals surface area (Å²) in [6.45, 7) is 2.92. The van der Waals surface area contributed by atoms with Crippen molar-refractivity contribution in [2.45, 2.75) is 11.8 Å². The third-order valence-electron chi connectivity index (χ3n) is 6.30. The van der Waals surface area contributed by atoms with E-state index in [9.17, 15) is 9.18 Å². The molecule has 5 rings (SSSR count). The van der Waals surface area contributed by atoms with Gasteiger partial charge in [-0.05, 0) is 48.5 Å². The average molecular weight is 534 g/mol. The molecule has 10 heteroatoms. The molecule has 0 bridgehead atoms. The van der Waals surface area contributed by atoms with Crippen LogP contribution in [0.2, 0.25) is 0 Å². The fourth-order valence-electron chi connectivity index (χ4n) is 4.25. The van der Waals surface area contributed by atoms with Crippen molar-refractivity contribution in [1.82, 2.24) is 19.7 Å². The van der Waals surface area contributed by atoms with Crippen molar-refractivity contribution in [3.63, 3.8) is 0 Å². The average Bonchev–Trinajstić information content (AvgIpc) is 3.38. The van der Waals surface area contributed by atoms with Crippen LogP contribution in [0.25, 0.3) is 5.69 Å². The second-order valence-electron chi connectivity index (χ2n) is 8.64. The van der Waals surface area contributed by atoms with Gasteiger partial charge in [0, 0.05) is 31.9 Å². The number of methoxy groups -OCH3 is 1. The minimum Gasteiger partial charge on any atom is -0.497 e. The van der Waals surface area contributed by atoms with Crippen LogP contribution in [-0.2, 0) is 11.4 Å². The zero-order valence-electron chi connectivity index (χ0n) is 21.0. The maximum atomic E-state index is 14.8. The van der Waals surface area contributed by atoms with E-state index >= 15 is 0 Å². The van der Waals surface area contributed by atoms with Gasteiger partial charge in [-0.25, -0.2) is 4.39 Å². The number of nitrogens with zero attached hydrogens (tertiary/aromatic N) is 5. The van der Waals surface area contributed by atoms with Crippen LogP contribution in [0.4, 0.5) is 10.1 Å². The second kappa shape index (κ2) is 12.0. The first-order valence-corrected chi connectivity index (χ1v) is 13.3. The topological polar surface area (TPSA) is 72.7 Å². The fourth-order valence-corrected chi connectivity index (χ4v) is 5.12. The van der Waals surface area contributed by atoms with Crippen LogP contribution in [0.5, 0.6) is 11.5 Å². The van der Waals surface area contributed by atoms with Gasteiger partial charge < -0.3 is 19.3 Å². The van der Waals surface area contributed by atoms with E-state index in [-0.39, 0.29) is 18.3 Å². The minimum atomic E-state index is -0.414. The summed E-state index contributed by atoms with van der Waals surface area (Å²) in [5.41, 5.74) is 1.47. The number of carbonyl (C=O) groups excluding carboxylic acids is 1. The monoisotopic (exact) mass is 533 g/mol. The molecule has 3 aromatic carbocycles. The molecule has 1 aliphatic heterocycles. The highest BCUT2D eigenvalue weighted by Gasteiger charge is 2.23. The van der Waals surface area contributed by atoms with Gasteiger partial charge in [0.15, 0.2) is 11.0 Å². The first-order chi connectivity index (χ1) is 18.6. The number of anilines is 1. The Morgan fingerprint density at radius 2 is 1.58 bits per heavy atom. The summed E-state index contributed by atoms with van der Waals surface area (Å²) in [5, 5.41) is 8.96. The molecule has 2 heterocycles. The number of ether oxygens (including phenoxy) is 2. The molecule has 0 atom stereocenters. The number of hydrogen-bond donors (Lipinski definition) is 0. The predicted molar refractivity (Wildman–Crippen MR) is 145 cm³/mol. The zero-order valence-corrected chi connectivity index (χ0v) is 21.8. The Kier molecular flexibility index (Phi) is 8.08. The summed E-state index contributed by atoms with van der Waals surface area (Å²) in [6, 6.07) is 23.8. The summed E-state index contributed by atoms with van der Waals surface area (Å²) in [4.78, 5) is 17.2. The Morgan fingerprint density at radius 1 is 0.895 bits per heavy atom. The molecule has 196 valence electrons. The number of halogens is 1. The van der Waals surface area contributed by atoms with E-state index in [1.807, 2.05) is 23.1 Å². The maximum absolute atomic E-state index is 14.8. The van der Waals surface area contributed by atoms with Crippen LogP contribution in [-0.4, -0.2) is 64.6 Å². The summed E-state index contributed by atoms with van der Waals surface area (Å²) < 4.78 is 27.5. The van der Waals surface area contributed by atoms with Crippen molar-refractivity contribution < 1.29 is 18.7 Å². The number of amides is 1. The van der Waals surface area contributed by atoms with Crippen molar-refractivity contribution in [2.75, 3.05) is 43.9 Å². The van der Waals surface area contributed by atoms with E-state index in [0.29, 0.717) is 35.5 Å². The number of para-hydroxylation sites is 2.